The lowest BCUT2D eigenvalue weighted by Crippen LogP contribution is -2.54. The third-order valence-corrected chi connectivity index (χ3v) is 2.15. The van der Waals surface area contributed by atoms with E-state index in [1.165, 1.54) is 0 Å². The highest BCUT2D eigenvalue weighted by Gasteiger charge is 2.26. The van der Waals surface area contributed by atoms with Gasteiger partial charge in [-0.2, -0.15) is 0 Å². The van der Waals surface area contributed by atoms with Gasteiger partial charge in [-0.25, -0.2) is 0 Å². The van der Waals surface area contributed by atoms with E-state index in [9.17, 15) is 9.59 Å². The molecule has 1 aliphatic heterocycles. The lowest BCUT2D eigenvalue weighted by Gasteiger charge is -2.27. The summed E-state index contributed by atoms with van der Waals surface area (Å²) >= 11 is 0. The number of carbonyl (C=O) groups is 2. The molecule has 0 aliphatic carbocycles. The zero-order valence-corrected chi connectivity index (χ0v) is 7.89. The molecule has 1 heterocycles. The molecule has 5 heteroatoms. The third kappa shape index (κ3) is 2.42. The van der Waals surface area contributed by atoms with Crippen LogP contribution in [-0.2, 0) is 9.59 Å². The van der Waals surface area contributed by atoms with Crippen LogP contribution in [-0.4, -0.2) is 38.0 Å². The van der Waals surface area contributed by atoms with Gasteiger partial charge in [0.1, 0.15) is 6.04 Å². The summed E-state index contributed by atoms with van der Waals surface area (Å²) in [6.45, 7) is 3.10. The molecule has 1 saturated heterocycles. The van der Waals surface area contributed by atoms with Crippen LogP contribution in [0.15, 0.2) is 0 Å². The van der Waals surface area contributed by atoms with Crippen molar-refractivity contribution in [3.8, 4) is 0 Å². The Morgan fingerprint density at radius 1 is 1.46 bits per heavy atom. The fraction of sp³-hybridized carbons (Fsp3) is 0.750. The van der Waals surface area contributed by atoms with Crippen LogP contribution in [0.1, 0.15) is 6.92 Å². The average molecular weight is 185 g/mol. The Morgan fingerprint density at radius 3 is 2.46 bits per heavy atom. The zero-order valence-electron chi connectivity index (χ0n) is 7.89. The van der Waals surface area contributed by atoms with Crippen molar-refractivity contribution in [2.24, 2.45) is 5.92 Å². The normalized spacial score (nSPS) is 18.6. The van der Waals surface area contributed by atoms with Crippen LogP contribution in [0.4, 0.5) is 0 Å². The Morgan fingerprint density at radius 2 is 2.08 bits per heavy atom. The number of rotatable bonds is 3. The molecule has 1 fully saturated rings. The highest BCUT2D eigenvalue weighted by Crippen LogP contribution is 2.02. The van der Waals surface area contributed by atoms with Crippen LogP contribution in [0.2, 0.25) is 0 Å². The SMILES string of the molecule is CNC(=O)C(C)NC(=O)C1CNC1. The number of likely N-dealkylation sites (N-methyl/N-ethyl adjacent to an activating group) is 1. The Kier molecular flexibility index (Phi) is 3.25. The van der Waals surface area contributed by atoms with Crippen molar-refractivity contribution in [2.75, 3.05) is 20.1 Å². The first-order valence-electron chi connectivity index (χ1n) is 4.38. The van der Waals surface area contributed by atoms with Gasteiger partial charge >= 0.3 is 0 Å². The van der Waals surface area contributed by atoms with Gasteiger partial charge in [0.05, 0.1) is 5.92 Å². The Balaban J connectivity index is 2.30. The molecule has 74 valence electrons. The molecule has 0 aromatic heterocycles. The molecule has 0 aromatic carbocycles. The first-order valence-corrected chi connectivity index (χ1v) is 4.38. The predicted molar refractivity (Wildman–Crippen MR) is 48.0 cm³/mol. The number of carbonyl (C=O) groups excluding carboxylic acids is 2. The summed E-state index contributed by atoms with van der Waals surface area (Å²) in [6.07, 6.45) is 0. The van der Waals surface area contributed by atoms with Crippen molar-refractivity contribution in [3.05, 3.63) is 0 Å². The maximum absolute atomic E-state index is 11.3. The van der Waals surface area contributed by atoms with E-state index in [0.717, 1.165) is 0 Å². The summed E-state index contributed by atoms with van der Waals surface area (Å²) in [5.74, 6) is -0.178. The molecule has 0 radical (unpaired) electrons. The van der Waals surface area contributed by atoms with Gasteiger partial charge in [-0.05, 0) is 6.92 Å². The fourth-order valence-electron chi connectivity index (χ4n) is 1.09. The number of hydrogen-bond donors (Lipinski definition) is 3. The Labute approximate surface area is 77.3 Å². The molecule has 1 rings (SSSR count). The van der Waals surface area contributed by atoms with E-state index in [2.05, 4.69) is 16.0 Å². The lowest BCUT2D eigenvalue weighted by atomic mass is 10.0. The van der Waals surface area contributed by atoms with Gasteiger partial charge in [0, 0.05) is 20.1 Å². The van der Waals surface area contributed by atoms with Crippen LogP contribution >= 0.6 is 0 Å². The number of nitrogens with one attached hydrogen (secondary N) is 3. The maximum Gasteiger partial charge on any atom is 0.242 e. The minimum atomic E-state index is -0.446. The van der Waals surface area contributed by atoms with Crippen molar-refractivity contribution < 1.29 is 9.59 Å². The van der Waals surface area contributed by atoms with E-state index in [1.807, 2.05) is 0 Å². The van der Waals surface area contributed by atoms with Crippen molar-refractivity contribution in [1.29, 1.82) is 0 Å². The molecular formula is C8H15N3O2. The monoisotopic (exact) mass is 185 g/mol. The second-order valence-corrected chi connectivity index (χ2v) is 3.20. The van der Waals surface area contributed by atoms with Gasteiger partial charge in [-0.15, -0.1) is 0 Å². The van der Waals surface area contributed by atoms with Crippen LogP contribution in [0.25, 0.3) is 0 Å². The van der Waals surface area contributed by atoms with Crippen molar-refractivity contribution in [1.82, 2.24) is 16.0 Å². The summed E-state index contributed by atoms with van der Waals surface area (Å²) in [5.41, 5.74) is 0. The van der Waals surface area contributed by atoms with Gasteiger partial charge in [0.25, 0.3) is 0 Å². The zero-order chi connectivity index (χ0) is 9.84. The lowest BCUT2D eigenvalue weighted by molar-refractivity contribution is -0.131. The number of hydrogen-bond acceptors (Lipinski definition) is 3. The molecule has 13 heavy (non-hydrogen) atoms. The topological polar surface area (TPSA) is 70.2 Å². The van der Waals surface area contributed by atoms with Gasteiger partial charge in [0.2, 0.25) is 11.8 Å². The third-order valence-electron chi connectivity index (χ3n) is 2.15. The molecule has 1 atom stereocenters. The van der Waals surface area contributed by atoms with Crippen LogP contribution in [0, 0.1) is 5.92 Å². The van der Waals surface area contributed by atoms with Crippen molar-refractivity contribution in [3.63, 3.8) is 0 Å². The minimum absolute atomic E-state index is 0.0344. The second-order valence-electron chi connectivity index (χ2n) is 3.20. The van der Waals surface area contributed by atoms with Crippen LogP contribution in [0.5, 0.6) is 0 Å². The molecule has 0 bridgehead atoms. The van der Waals surface area contributed by atoms with E-state index < -0.39 is 6.04 Å². The summed E-state index contributed by atoms with van der Waals surface area (Å²) in [4.78, 5) is 22.4. The predicted octanol–water partition coefficient (Wildman–Crippen LogP) is -1.54. The van der Waals surface area contributed by atoms with E-state index in [4.69, 9.17) is 0 Å². The smallest absolute Gasteiger partial charge is 0.242 e. The van der Waals surface area contributed by atoms with E-state index in [-0.39, 0.29) is 17.7 Å². The van der Waals surface area contributed by atoms with Crippen LogP contribution in [0.3, 0.4) is 0 Å². The molecular weight excluding hydrogens is 170 g/mol. The molecule has 3 N–H and O–H groups in total. The largest absolute Gasteiger partial charge is 0.357 e. The fourth-order valence-corrected chi connectivity index (χ4v) is 1.09. The minimum Gasteiger partial charge on any atom is -0.357 e. The van der Waals surface area contributed by atoms with Crippen LogP contribution < -0.4 is 16.0 Å². The number of amides is 2. The Hall–Kier alpha value is -1.10. The summed E-state index contributed by atoms with van der Waals surface area (Å²) in [6, 6.07) is -0.446. The molecule has 2 amide bonds. The van der Waals surface area contributed by atoms with E-state index >= 15 is 0 Å². The quantitative estimate of drug-likeness (QED) is 0.499. The average Bonchev–Trinajstić information content (AvgIpc) is 1.99. The van der Waals surface area contributed by atoms with E-state index in [0.29, 0.717) is 13.1 Å². The van der Waals surface area contributed by atoms with Crippen molar-refractivity contribution in [2.45, 2.75) is 13.0 Å². The summed E-state index contributed by atoms with van der Waals surface area (Å²) < 4.78 is 0. The van der Waals surface area contributed by atoms with Gasteiger partial charge < -0.3 is 16.0 Å². The second kappa shape index (κ2) is 4.23. The standard InChI is InChI=1S/C8H15N3O2/c1-5(7(12)9-2)11-8(13)6-3-10-4-6/h5-6,10H,3-4H2,1-2H3,(H,9,12)(H,11,13). The van der Waals surface area contributed by atoms with Gasteiger partial charge in [0.15, 0.2) is 0 Å². The molecule has 5 nitrogen and oxygen atoms in total. The van der Waals surface area contributed by atoms with Gasteiger partial charge in [-0.3, -0.25) is 9.59 Å². The van der Waals surface area contributed by atoms with Gasteiger partial charge in [-0.1, -0.05) is 0 Å². The Bertz CT molecular complexity index is 213. The highest BCUT2D eigenvalue weighted by atomic mass is 16.2. The maximum atomic E-state index is 11.3. The molecule has 0 spiro atoms. The molecule has 0 aromatic rings. The van der Waals surface area contributed by atoms with Crippen molar-refractivity contribution >= 4 is 11.8 Å². The summed E-state index contributed by atoms with van der Waals surface area (Å²) in [5, 5.41) is 8.11. The summed E-state index contributed by atoms with van der Waals surface area (Å²) in [7, 11) is 1.55. The molecule has 1 aliphatic rings. The first kappa shape index (κ1) is 9.98. The molecule has 0 saturated carbocycles. The first-order chi connectivity index (χ1) is 6.15. The highest BCUT2D eigenvalue weighted by molar-refractivity contribution is 5.88. The molecule has 1 unspecified atom stereocenters. The van der Waals surface area contributed by atoms with E-state index in [1.54, 1.807) is 14.0 Å².